The van der Waals surface area contributed by atoms with Gasteiger partial charge in [-0.25, -0.2) is 0 Å². The molecular weight excluding hydrogens is 312 g/mol. The van der Waals surface area contributed by atoms with E-state index in [0.29, 0.717) is 0 Å². The SMILES string of the molecule is COC(=O)CN(C)CC(=O)Nc1ccc(Br)c(C)c1. The highest BCUT2D eigenvalue weighted by Crippen LogP contribution is 2.19. The molecule has 0 atom stereocenters. The normalized spacial score (nSPS) is 10.4. The molecular formula is C13H17BrN2O3. The third-order valence-corrected chi connectivity index (χ3v) is 3.37. The van der Waals surface area contributed by atoms with Gasteiger partial charge in [-0.3, -0.25) is 14.5 Å². The van der Waals surface area contributed by atoms with Crippen molar-refractivity contribution in [1.29, 1.82) is 0 Å². The van der Waals surface area contributed by atoms with Gasteiger partial charge in [0.15, 0.2) is 0 Å². The molecule has 1 amide bonds. The number of esters is 1. The second-order valence-electron chi connectivity index (χ2n) is 4.26. The first-order valence-corrected chi connectivity index (χ1v) is 6.53. The highest BCUT2D eigenvalue weighted by atomic mass is 79.9. The number of nitrogens with one attached hydrogen (secondary N) is 1. The Morgan fingerprint density at radius 1 is 1.37 bits per heavy atom. The second-order valence-corrected chi connectivity index (χ2v) is 5.11. The monoisotopic (exact) mass is 328 g/mol. The molecule has 19 heavy (non-hydrogen) atoms. The first-order chi connectivity index (χ1) is 8.92. The Bertz CT molecular complexity index is 477. The summed E-state index contributed by atoms with van der Waals surface area (Å²) in [6, 6.07) is 5.57. The van der Waals surface area contributed by atoms with Crippen LogP contribution < -0.4 is 5.32 Å². The first kappa shape index (κ1) is 15.7. The van der Waals surface area contributed by atoms with Crippen molar-refractivity contribution in [3.05, 3.63) is 28.2 Å². The quantitative estimate of drug-likeness (QED) is 0.837. The Hall–Kier alpha value is -1.40. The molecule has 0 aromatic heterocycles. The molecule has 0 unspecified atom stereocenters. The van der Waals surface area contributed by atoms with Gasteiger partial charge in [-0.1, -0.05) is 15.9 Å². The largest absolute Gasteiger partial charge is 0.468 e. The van der Waals surface area contributed by atoms with Crippen LogP contribution in [0.15, 0.2) is 22.7 Å². The third kappa shape index (κ3) is 5.40. The highest BCUT2D eigenvalue weighted by Gasteiger charge is 2.11. The van der Waals surface area contributed by atoms with E-state index in [0.717, 1.165) is 15.7 Å². The molecule has 0 saturated carbocycles. The summed E-state index contributed by atoms with van der Waals surface area (Å²) in [5.74, 6) is -0.539. The van der Waals surface area contributed by atoms with Gasteiger partial charge in [0.1, 0.15) is 0 Å². The Morgan fingerprint density at radius 3 is 2.63 bits per heavy atom. The Morgan fingerprint density at radius 2 is 2.05 bits per heavy atom. The number of nitrogens with zero attached hydrogens (tertiary/aromatic N) is 1. The fraction of sp³-hybridized carbons (Fsp3) is 0.385. The summed E-state index contributed by atoms with van der Waals surface area (Å²) in [4.78, 5) is 24.4. The lowest BCUT2D eigenvalue weighted by Gasteiger charge is -2.15. The number of ether oxygens (including phenoxy) is 1. The number of hydrogen-bond acceptors (Lipinski definition) is 4. The molecule has 1 N–H and O–H groups in total. The van der Waals surface area contributed by atoms with Gasteiger partial charge in [0.05, 0.1) is 20.2 Å². The number of amides is 1. The zero-order chi connectivity index (χ0) is 14.4. The molecule has 0 heterocycles. The van der Waals surface area contributed by atoms with E-state index < -0.39 is 0 Å². The second kappa shape index (κ2) is 7.25. The van der Waals surface area contributed by atoms with E-state index in [-0.39, 0.29) is 25.0 Å². The lowest BCUT2D eigenvalue weighted by atomic mass is 10.2. The fourth-order valence-electron chi connectivity index (χ4n) is 1.51. The van der Waals surface area contributed by atoms with Gasteiger partial charge in [-0.2, -0.15) is 0 Å². The Labute approximate surface area is 121 Å². The molecule has 0 fully saturated rings. The molecule has 0 bridgehead atoms. The van der Waals surface area contributed by atoms with E-state index in [9.17, 15) is 9.59 Å². The van der Waals surface area contributed by atoms with Crippen molar-refractivity contribution in [3.8, 4) is 0 Å². The molecule has 1 aromatic carbocycles. The van der Waals surface area contributed by atoms with Crippen LogP contribution in [0, 0.1) is 6.92 Å². The number of benzene rings is 1. The zero-order valence-electron chi connectivity index (χ0n) is 11.2. The average Bonchev–Trinajstić information content (AvgIpc) is 2.33. The molecule has 1 rings (SSSR count). The number of hydrogen-bond donors (Lipinski definition) is 1. The maximum atomic E-state index is 11.8. The van der Waals surface area contributed by atoms with Crippen LogP contribution in [0.2, 0.25) is 0 Å². The number of carbonyl (C=O) groups is 2. The lowest BCUT2D eigenvalue weighted by Crippen LogP contribution is -2.34. The summed E-state index contributed by atoms with van der Waals surface area (Å²) >= 11 is 3.40. The van der Waals surface area contributed by atoms with Crippen LogP contribution in [-0.4, -0.2) is 44.0 Å². The minimum Gasteiger partial charge on any atom is -0.468 e. The molecule has 6 heteroatoms. The zero-order valence-corrected chi connectivity index (χ0v) is 12.8. The molecule has 0 spiro atoms. The van der Waals surface area contributed by atoms with Crippen LogP contribution in [0.4, 0.5) is 5.69 Å². The summed E-state index contributed by atoms with van der Waals surface area (Å²) in [6.45, 7) is 2.16. The molecule has 1 aromatic rings. The van der Waals surface area contributed by atoms with E-state index in [1.165, 1.54) is 7.11 Å². The molecule has 0 aliphatic heterocycles. The van der Waals surface area contributed by atoms with Crippen LogP contribution in [0.25, 0.3) is 0 Å². The maximum Gasteiger partial charge on any atom is 0.319 e. The predicted octanol–water partition coefficient (Wildman–Crippen LogP) is 1.80. The predicted molar refractivity (Wildman–Crippen MR) is 77.0 cm³/mol. The van der Waals surface area contributed by atoms with Crippen molar-refractivity contribution >= 4 is 33.5 Å². The summed E-state index contributed by atoms with van der Waals surface area (Å²) < 4.78 is 5.53. The molecule has 5 nitrogen and oxygen atoms in total. The van der Waals surface area contributed by atoms with Gasteiger partial charge in [0, 0.05) is 10.2 Å². The summed E-state index contributed by atoms with van der Waals surface area (Å²) in [7, 11) is 3.00. The van der Waals surface area contributed by atoms with Gasteiger partial charge in [0.2, 0.25) is 5.91 Å². The Balaban J connectivity index is 2.50. The molecule has 0 saturated heterocycles. The number of carbonyl (C=O) groups excluding carboxylic acids is 2. The summed E-state index contributed by atoms with van der Waals surface area (Å²) in [6.07, 6.45) is 0. The topological polar surface area (TPSA) is 58.6 Å². The van der Waals surface area contributed by atoms with Crippen LogP contribution >= 0.6 is 15.9 Å². The van der Waals surface area contributed by atoms with Crippen molar-refractivity contribution in [2.75, 3.05) is 32.6 Å². The fourth-order valence-corrected chi connectivity index (χ4v) is 1.76. The summed E-state index contributed by atoms with van der Waals surface area (Å²) in [5, 5.41) is 2.78. The molecule has 0 radical (unpaired) electrons. The van der Waals surface area contributed by atoms with Crippen molar-refractivity contribution in [3.63, 3.8) is 0 Å². The van der Waals surface area contributed by atoms with E-state index in [4.69, 9.17) is 0 Å². The highest BCUT2D eigenvalue weighted by molar-refractivity contribution is 9.10. The van der Waals surface area contributed by atoms with Crippen molar-refractivity contribution in [2.45, 2.75) is 6.92 Å². The van der Waals surface area contributed by atoms with E-state index in [1.807, 2.05) is 25.1 Å². The van der Waals surface area contributed by atoms with Gasteiger partial charge in [-0.05, 0) is 37.7 Å². The number of aryl methyl sites for hydroxylation is 1. The Kier molecular flexibility index (Phi) is 5.98. The average molecular weight is 329 g/mol. The number of halogens is 1. The maximum absolute atomic E-state index is 11.8. The van der Waals surface area contributed by atoms with E-state index in [2.05, 4.69) is 26.0 Å². The van der Waals surface area contributed by atoms with E-state index in [1.54, 1.807) is 11.9 Å². The van der Waals surface area contributed by atoms with Crippen molar-refractivity contribution in [2.24, 2.45) is 0 Å². The van der Waals surface area contributed by atoms with Crippen molar-refractivity contribution in [1.82, 2.24) is 4.90 Å². The molecule has 0 aliphatic carbocycles. The van der Waals surface area contributed by atoms with Crippen LogP contribution in [0.3, 0.4) is 0 Å². The summed E-state index contributed by atoms with van der Waals surface area (Å²) in [5.41, 5.74) is 1.78. The van der Waals surface area contributed by atoms with Gasteiger partial charge >= 0.3 is 5.97 Å². The number of anilines is 1. The number of rotatable bonds is 5. The first-order valence-electron chi connectivity index (χ1n) is 5.73. The third-order valence-electron chi connectivity index (χ3n) is 2.48. The van der Waals surface area contributed by atoms with Gasteiger partial charge in [-0.15, -0.1) is 0 Å². The van der Waals surface area contributed by atoms with Crippen LogP contribution in [-0.2, 0) is 14.3 Å². The molecule has 104 valence electrons. The molecule has 0 aliphatic rings. The lowest BCUT2D eigenvalue weighted by molar-refractivity contribution is -0.141. The van der Waals surface area contributed by atoms with Crippen LogP contribution in [0.5, 0.6) is 0 Å². The smallest absolute Gasteiger partial charge is 0.319 e. The van der Waals surface area contributed by atoms with Crippen LogP contribution in [0.1, 0.15) is 5.56 Å². The van der Waals surface area contributed by atoms with E-state index >= 15 is 0 Å². The minimum absolute atomic E-state index is 0.0866. The number of likely N-dealkylation sites (N-methyl/N-ethyl adjacent to an activating group) is 1. The standard InChI is InChI=1S/C13H17BrN2O3/c1-9-6-10(4-5-11(9)14)15-12(17)7-16(2)8-13(18)19-3/h4-6H,7-8H2,1-3H3,(H,15,17). The minimum atomic E-state index is -0.366. The van der Waals surface area contributed by atoms with Crippen molar-refractivity contribution < 1.29 is 14.3 Å². The van der Waals surface area contributed by atoms with Gasteiger partial charge in [0.25, 0.3) is 0 Å². The van der Waals surface area contributed by atoms with Gasteiger partial charge < -0.3 is 10.1 Å². The number of methoxy groups -OCH3 is 1.